The number of likely N-dealkylation sites (N-methyl/N-ethyl adjacent to an activating group) is 1. The monoisotopic (exact) mass is 325 g/mol. The van der Waals surface area contributed by atoms with Crippen molar-refractivity contribution in [3.8, 4) is 0 Å². The van der Waals surface area contributed by atoms with Crippen LogP contribution in [-0.4, -0.2) is 36.3 Å². The summed E-state index contributed by atoms with van der Waals surface area (Å²) in [5, 5.41) is 2.65. The van der Waals surface area contributed by atoms with Crippen LogP contribution >= 0.6 is 12.4 Å². The lowest BCUT2D eigenvalue weighted by Gasteiger charge is -2.34. The van der Waals surface area contributed by atoms with Crippen molar-refractivity contribution in [3.63, 3.8) is 0 Å². The summed E-state index contributed by atoms with van der Waals surface area (Å²) in [6.07, 6.45) is 3.71. The maximum atomic E-state index is 12.4. The molecule has 0 radical (unpaired) electrons. The van der Waals surface area contributed by atoms with Crippen LogP contribution in [0.4, 0.5) is 5.69 Å². The molecular weight excluding hydrogens is 302 g/mol. The van der Waals surface area contributed by atoms with Crippen LogP contribution in [0.15, 0.2) is 24.3 Å². The van der Waals surface area contributed by atoms with E-state index in [0.29, 0.717) is 25.1 Å². The minimum atomic E-state index is -0.315. The van der Waals surface area contributed by atoms with Gasteiger partial charge in [-0.05, 0) is 37.3 Å². The standard InChI is InChI=1S/C16H23N3O2.ClH/c1-18-16(21)14-8-4-5-11-19(14)15(20)10-9-12-6-2-3-7-13(12)17;/h2-3,6-7,14H,4-5,8-11,17H2,1H3,(H,18,21);1H. The smallest absolute Gasteiger partial charge is 0.242 e. The Hall–Kier alpha value is -1.75. The molecule has 1 aliphatic rings. The van der Waals surface area contributed by atoms with Gasteiger partial charge in [-0.1, -0.05) is 18.2 Å². The molecule has 0 bridgehead atoms. The van der Waals surface area contributed by atoms with Crippen molar-refractivity contribution >= 4 is 29.9 Å². The highest BCUT2D eigenvalue weighted by atomic mass is 35.5. The number of likely N-dealkylation sites (tertiary alicyclic amines) is 1. The topological polar surface area (TPSA) is 75.4 Å². The molecule has 0 aromatic heterocycles. The van der Waals surface area contributed by atoms with Gasteiger partial charge >= 0.3 is 0 Å². The Labute approximate surface area is 137 Å². The molecule has 0 saturated carbocycles. The number of nitrogens with one attached hydrogen (secondary N) is 1. The number of nitrogens with two attached hydrogens (primary N) is 1. The van der Waals surface area contributed by atoms with Gasteiger partial charge < -0.3 is 16.0 Å². The van der Waals surface area contributed by atoms with Gasteiger partial charge in [0.15, 0.2) is 0 Å². The summed E-state index contributed by atoms with van der Waals surface area (Å²) in [6, 6.07) is 7.27. The van der Waals surface area contributed by atoms with Crippen LogP contribution in [-0.2, 0) is 16.0 Å². The number of carbonyl (C=O) groups is 2. The van der Waals surface area contributed by atoms with Gasteiger partial charge in [0.05, 0.1) is 0 Å². The Balaban J connectivity index is 0.00000242. The average molecular weight is 326 g/mol. The molecule has 5 nitrogen and oxygen atoms in total. The summed E-state index contributed by atoms with van der Waals surface area (Å²) in [5.74, 6) is -0.0335. The molecule has 1 aromatic carbocycles. The summed E-state index contributed by atoms with van der Waals surface area (Å²) >= 11 is 0. The molecule has 0 aliphatic carbocycles. The van der Waals surface area contributed by atoms with E-state index in [4.69, 9.17) is 5.73 Å². The van der Waals surface area contributed by atoms with Crippen LogP contribution in [0.3, 0.4) is 0 Å². The third-order valence-corrected chi connectivity index (χ3v) is 4.04. The number of piperidine rings is 1. The Morgan fingerprint density at radius 1 is 1.32 bits per heavy atom. The highest BCUT2D eigenvalue weighted by Gasteiger charge is 2.31. The molecular formula is C16H24ClN3O2. The van der Waals surface area contributed by atoms with Crippen molar-refractivity contribution in [1.82, 2.24) is 10.2 Å². The number of nitrogens with zero attached hydrogens (tertiary/aromatic N) is 1. The fourth-order valence-corrected chi connectivity index (χ4v) is 2.82. The highest BCUT2D eigenvalue weighted by Crippen LogP contribution is 2.20. The fourth-order valence-electron chi connectivity index (χ4n) is 2.82. The van der Waals surface area contributed by atoms with Crippen molar-refractivity contribution in [3.05, 3.63) is 29.8 Å². The minimum Gasteiger partial charge on any atom is -0.399 e. The van der Waals surface area contributed by atoms with E-state index in [2.05, 4.69) is 5.32 Å². The Morgan fingerprint density at radius 3 is 2.73 bits per heavy atom. The number of carbonyl (C=O) groups excluding carboxylic acids is 2. The molecule has 6 heteroatoms. The van der Waals surface area contributed by atoms with E-state index in [1.54, 1.807) is 11.9 Å². The molecule has 1 aromatic rings. The van der Waals surface area contributed by atoms with Crippen LogP contribution in [0, 0.1) is 0 Å². The molecule has 0 spiro atoms. The number of nitrogen functional groups attached to an aromatic ring is 1. The lowest BCUT2D eigenvalue weighted by atomic mass is 10.00. The number of anilines is 1. The van der Waals surface area contributed by atoms with Gasteiger partial charge in [0.2, 0.25) is 11.8 Å². The highest BCUT2D eigenvalue weighted by molar-refractivity contribution is 5.87. The number of hydrogen-bond acceptors (Lipinski definition) is 3. The van der Waals surface area contributed by atoms with Crippen LogP contribution in [0.25, 0.3) is 0 Å². The number of benzene rings is 1. The Kier molecular flexibility index (Phi) is 7.18. The van der Waals surface area contributed by atoms with Crippen LogP contribution in [0.1, 0.15) is 31.2 Å². The summed E-state index contributed by atoms with van der Waals surface area (Å²) < 4.78 is 0. The van der Waals surface area contributed by atoms with E-state index in [0.717, 1.165) is 24.8 Å². The van der Waals surface area contributed by atoms with E-state index >= 15 is 0 Å². The van der Waals surface area contributed by atoms with Crippen molar-refractivity contribution in [1.29, 1.82) is 0 Å². The molecule has 1 unspecified atom stereocenters. The summed E-state index contributed by atoms with van der Waals surface area (Å²) in [4.78, 5) is 26.0. The second-order valence-corrected chi connectivity index (χ2v) is 5.41. The molecule has 1 aliphatic heterocycles. The van der Waals surface area contributed by atoms with Crippen LogP contribution in [0.5, 0.6) is 0 Å². The molecule has 1 atom stereocenters. The van der Waals surface area contributed by atoms with Gasteiger partial charge in [0.25, 0.3) is 0 Å². The van der Waals surface area contributed by atoms with Crippen molar-refractivity contribution in [2.45, 2.75) is 38.1 Å². The zero-order valence-corrected chi connectivity index (χ0v) is 13.7. The quantitative estimate of drug-likeness (QED) is 0.828. The molecule has 3 N–H and O–H groups in total. The molecule has 2 amide bonds. The average Bonchev–Trinajstić information content (AvgIpc) is 2.53. The van der Waals surface area contributed by atoms with E-state index in [1.165, 1.54) is 0 Å². The zero-order valence-electron chi connectivity index (χ0n) is 12.9. The number of aryl methyl sites for hydroxylation is 1. The minimum absolute atomic E-state index is 0. The molecule has 22 heavy (non-hydrogen) atoms. The third-order valence-electron chi connectivity index (χ3n) is 4.04. The molecule has 122 valence electrons. The van der Waals surface area contributed by atoms with Gasteiger partial charge in [-0.15, -0.1) is 12.4 Å². The largest absolute Gasteiger partial charge is 0.399 e. The zero-order chi connectivity index (χ0) is 15.2. The Bertz CT molecular complexity index is 522. The van der Waals surface area contributed by atoms with Gasteiger partial charge in [-0.25, -0.2) is 0 Å². The van der Waals surface area contributed by atoms with E-state index < -0.39 is 0 Å². The van der Waals surface area contributed by atoms with E-state index in [1.807, 2.05) is 24.3 Å². The number of amides is 2. The number of hydrogen-bond donors (Lipinski definition) is 2. The lowest BCUT2D eigenvalue weighted by Crippen LogP contribution is -2.51. The van der Waals surface area contributed by atoms with E-state index in [-0.39, 0.29) is 30.3 Å². The predicted molar refractivity (Wildman–Crippen MR) is 89.8 cm³/mol. The van der Waals surface area contributed by atoms with Gasteiger partial charge in [-0.3, -0.25) is 9.59 Å². The summed E-state index contributed by atoms with van der Waals surface area (Å²) in [6.45, 7) is 0.668. The Morgan fingerprint density at radius 2 is 2.05 bits per heavy atom. The number of halogens is 1. The maximum Gasteiger partial charge on any atom is 0.242 e. The first-order chi connectivity index (χ1) is 10.1. The molecule has 1 heterocycles. The third kappa shape index (κ3) is 4.37. The van der Waals surface area contributed by atoms with Gasteiger partial charge in [0, 0.05) is 25.7 Å². The first-order valence-corrected chi connectivity index (χ1v) is 7.48. The SMILES string of the molecule is CNC(=O)C1CCCCN1C(=O)CCc1ccccc1N.Cl. The summed E-state index contributed by atoms with van der Waals surface area (Å²) in [5.41, 5.74) is 7.59. The predicted octanol–water partition coefficient (Wildman–Crippen LogP) is 1.75. The fraction of sp³-hybridized carbons (Fsp3) is 0.500. The number of para-hydroxylation sites is 1. The van der Waals surface area contributed by atoms with Gasteiger partial charge in [0.1, 0.15) is 6.04 Å². The van der Waals surface area contributed by atoms with Gasteiger partial charge in [-0.2, -0.15) is 0 Å². The molecule has 1 fully saturated rings. The van der Waals surface area contributed by atoms with Crippen molar-refractivity contribution in [2.75, 3.05) is 19.3 Å². The van der Waals surface area contributed by atoms with Crippen LogP contribution in [0.2, 0.25) is 0 Å². The molecule has 1 saturated heterocycles. The molecule has 2 rings (SSSR count). The normalized spacial score (nSPS) is 17.5. The van der Waals surface area contributed by atoms with Crippen molar-refractivity contribution < 1.29 is 9.59 Å². The van der Waals surface area contributed by atoms with Crippen molar-refractivity contribution in [2.24, 2.45) is 0 Å². The first kappa shape index (κ1) is 18.3. The lowest BCUT2D eigenvalue weighted by molar-refractivity contribution is -0.142. The second-order valence-electron chi connectivity index (χ2n) is 5.41. The maximum absolute atomic E-state index is 12.4. The van der Waals surface area contributed by atoms with E-state index in [9.17, 15) is 9.59 Å². The van der Waals surface area contributed by atoms with Crippen LogP contribution < -0.4 is 11.1 Å². The number of rotatable bonds is 4. The second kappa shape index (κ2) is 8.63. The first-order valence-electron chi connectivity index (χ1n) is 7.48. The summed E-state index contributed by atoms with van der Waals surface area (Å²) in [7, 11) is 1.62.